The molecule has 22 heavy (non-hydrogen) atoms. The Morgan fingerprint density at radius 3 is 2.59 bits per heavy atom. The maximum atomic E-state index is 12.5. The highest BCUT2D eigenvalue weighted by atomic mass is 32.1. The molecule has 0 unspecified atom stereocenters. The van der Waals surface area contributed by atoms with Gasteiger partial charge in [0.25, 0.3) is 0 Å². The number of unbranched alkanes of at least 4 members (excludes halogenated alkanes) is 2. The molecular formula is C17H23N3OS. The number of hydrogen-bond acceptors (Lipinski definition) is 4. The van der Waals surface area contributed by atoms with Crippen LogP contribution < -0.4 is 5.32 Å². The van der Waals surface area contributed by atoms with Crippen LogP contribution in [0.3, 0.4) is 0 Å². The average molecular weight is 317 g/mol. The Balaban J connectivity index is 1.99. The van der Waals surface area contributed by atoms with Crippen molar-refractivity contribution in [2.75, 3.05) is 5.32 Å². The summed E-state index contributed by atoms with van der Waals surface area (Å²) < 4.78 is 0. The fourth-order valence-corrected chi connectivity index (χ4v) is 2.95. The number of hydrogen-bond donors (Lipinski definition) is 1. The molecule has 0 aliphatic heterocycles. The first-order chi connectivity index (χ1) is 10.5. The first kappa shape index (κ1) is 16.6. The van der Waals surface area contributed by atoms with Gasteiger partial charge in [0, 0.05) is 6.42 Å². The molecular weight excluding hydrogens is 294 g/mol. The topological polar surface area (TPSA) is 54.9 Å². The van der Waals surface area contributed by atoms with Crippen LogP contribution in [0.5, 0.6) is 0 Å². The van der Waals surface area contributed by atoms with Gasteiger partial charge < -0.3 is 0 Å². The van der Waals surface area contributed by atoms with Crippen LogP contribution in [-0.2, 0) is 16.6 Å². The normalized spacial score (nSPS) is 11.4. The van der Waals surface area contributed by atoms with Crippen LogP contribution in [0, 0.1) is 0 Å². The number of aryl methyl sites for hydroxylation is 1. The van der Waals surface area contributed by atoms with Gasteiger partial charge >= 0.3 is 0 Å². The molecule has 0 spiro atoms. The van der Waals surface area contributed by atoms with Crippen molar-refractivity contribution in [3.63, 3.8) is 0 Å². The Bertz CT molecular complexity index is 607. The summed E-state index contributed by atoms with van der Waals surface area (Å²) in [6.45, 7) is 6.01. The minimum Gasteiger partial charge on any atom is -0.300 e. The lowest BCUT2D eigenvalue weighted by Crippen LogP contribution is -2.34. The van der Waals surface area contributed by atoms with Crippen molar-refractivity contribution in [3.8, 4) is 0 Å². The second kappa shape index (κ2) is 7.49. The fraction of sp³-hybridized carbons (Fsp3) is 0.471. The lowest BCUT2D eigenvalue weighted by atomic mass is 9.84. The predicted molar refractivity (Wildman–Crippen MR) is 91.2 cm³/mol. The minimum absolute atomic E-state index is 0.0602. The number of benzene rings is 1. The van der Waals surface area contributed by atoms with Crippen LogP contribution >= 0.6 is 11.3 Å². The van der Waals surface area contributed by atoms with Crippen LogP contribution in [0.2, 0.25) is 0 Å². The Hall–Kier alpha value is -1.75. The van der Waals surface area contributed by atoms with Crippen molar-refractivity contribution < 1.29 is 4.79 Å². The standard InChI is InChI=1S/C17H23N3OS/c1-4-5-7-12-14-19-20-16(22-14)18-15(21)17(2,3)13-10-8-6-9-11-13/h6,8-11H,4-5,7,12H2,1-3H3,(H,18,20,21). The van der Waals surface area contributed by atoms with E-state index in [0.717, 1.165) is 23.4 Å². The van der Waals surface area contributed by atoms with Crippen molar-refractivity contribution in [3.05, 3.63) is 40.9 Å². The Kier molecular flexibility index (Phi) is 5.66. The lowest BCUT2D eigenvalue weighted by Gasteiger charge is -2.23. The second-order valence-corrected chi connectivity index (χ2v) is 6.97. The molecule has 1 aromatic carbocycles. The summed E-state index contributed by atoms with van der Waals surface area (Å²) >= 11 is 1.47. The van der Waals surface area contributed by atoms with Crippen LogP contribution in [0.1, 0.15) is 50.6 Å². The number of aromatic nitrogens is 2. The minimum atomic E-state index is -0.602. The maximum absolute atomic E-state index is 12.5. The van der Waals surface area contributed by atoms with Crippen molar-refractivity contribution in [2.24, 2.45) is 0 Å². The molecule has 5 heteroatoms. The number of rotatable bonds is 7. The molecule has 1 amide bonds. The monoisotopic (exact) mass is 317 g/mol. The van der Waals surface area contributed by atoms with E-state index in [9.17, 15) is 4.79 Å². The number of anilines is 1. The van der Waals surface area contributed by atoms with E-state index in [4.69, 9.17) is 0 Å². The van der Waals surface area contributed by atoms with Gasteiger partial charge in [-0.15, -0.1) is 10.2 Å². The molecule has 1 aromatic heterocycles. The van der Waals surface area contributed by atoms with Crippen LogP contribution in [0.4, 0.5) is 5.13 Å². The number of carbonyl (C=O) groups excluding carboxylic acids is 1. The molecule has 0 radical (unpaired) electrons. The number of nitrogens with zero attached hydrogens (tertiary/aromatic N) is 2. The largest absolute Gasteiger partial charge is 0.300 e. The van der Waals surface area contributed by atoms with Gasteiger partial charge in [-0.05, 0) is 25.8 Å². The predicted octanol–water partition coefficient (Wildman–Crippen LogP) is 4.19. The smallest absolute Gasteiger partial charge is 0.236 e. The van der Waals surface area contributed by atoms with Gasteiger partial charge in [0.2, 0.25) is 11.0 Å². The van der Waals surface area contributed by atoms with Gasteiger partial charge in [0.05, 0.1) is 5.41 Å². The summed E-state index contributed by atoms with van der Waals surface area (Å²) in [6, 6.07) is 9.78. The number of carbonyl (C=O) groups is 1. The molecule has 1 heterocycles. The third-order valence-corrected chi connectivity index (χ3v) is 4.64. The third-order valence-electron chi connectivity index (χ3n) is 3.74. The van der Waals surface area contributed by atoms with E-state index in [0.29, 0.717) is 5.13 Å². The quantitative estimate of drug-likeness (QED) is 0.779. The van der Waals surface area contributed by atoms with Gasteiger partial charge in [-0.2, -0.15) is 0 Å². The Labute approximate surface area is 136 Å². The van der Waals surface area contributed by atoms with Gasteiger partial charge in [0.15, 0.2) is 0 Å². The molecule has 4 nitrogen and oxygen atoms in total. The summed E-state index contributed by atoms with van der Waals surface area (Å²) in [6.07, 6.45) is 4.44. The Morgan fingerprint density at radius 1 is 1.18 bits per heavy atom. The van der Waals surface area contributed by atoms with Crippen molar-refractivity contribution in [2.45, 2.75) is 51.9 Å². The Morgan fingerprint density at radius 2 is 1.91 bits per heavy atom. The van der Waals surface area contributed by atoms with Crippen molar-refractivity contribution in [1.29, 1.82) is 0 Å². The molecule has 118 valence electrons. The highest BCUT2D eigenvalue weighted by Gasteiger charge is 2.30. The SMILES string of the molecule is CCCCCc1nnc(NC(=O)C(C)(C)c2ccccc2)s1. The van der Waals surface area contributed by atoms with Gasteiger partial charge in [0.1, 0.15) is 5.01 Å². The number of amides is 1. The van der Waals surface area contributed by atoms with Gasteiger partial charge in [-0.1, -0.05) is 61.4 Å². The summed E-state index contributed by atoms with van der Waals surface area (Å²) in [4.78, 5) is 12.5. The van der Waals surface area contributed by atoms with E-state index in [-0.39, 0.29) is 5.91 Å². The summed E-state index contributed by atoms with van der Waals surface area (Å²) in [7, 11) is 0. The maximum Gasteiger partial charge on any atom is 0.236 e. The molecule has 2 rings (SSSR count). The second-order valence-electron chi connectivity index (χ2n) is 5.90. The zero-order chi connectivity index (χ0) is 16.0. The molecule has 0 aliphatic carbocycles. The highest BCUT2D eigenvalue weighted by molar-refractivity contribution is 7.15. The molecule has 0 atom stereocenters. The highest BCUT2D eigenvalue weighted by Crippen LogP contribution is 2.26. The van der Waals surface area contributed by atoms with Gasteiger partial charge in [-0.25, -0.2) is 0 Å². The van der Waals surface area contributed by atoms with E-state index in [1.54, 1.807) is 0 Å². The van der Waals surface area contributed by atoms with Crippen molar-refractivity contribution >= 4 is 22.4 Å². The zero-order valence-corrected chi connectivity index (χ0v) is 14.2. The van der Waals surface area contributed by atoms with Crippen LogP contribution in [-0.4, -0.2) is 16.1 Å². The van der Waals surface area contributed by atoms with Crippen molar-refractivity contribution in [1.82, 2.24) is 10.2 Å². The summed E-state index contributed by atoms with van der Waals surface area (Å²) in [5.74, 6) is -0.0602. The van der Waals surface area contributed by atoms with E-state index in [1.807, 2.05) is 44.2 Å². The molecule has 0 saturated heterocycles. The summed E-state index contributed by atoms with van der Waals surface area (Å²) in [5.41, 5.74) is 0.384. The van der Waals surface area contributed by atoms with E-state index in [1.165, 1.54) is 24.2 Å². The molecule has 0 saturated carbocycles. The summed E-state index contributed by atoms with van der Waals surface area (Å²) in [5, 5.41) is 12.7. The van der Waals surface area contributed by atoms with Crippen LogP contribution in [0.15, 0.2) is 30.3 Å². The molecule has 0 fully saturated rings. The number of nitrogens with one attached hydrogen (secondary N) is 1. The lowest BCUT2D eigenvalue weighted by molar-refractivity contribution is -0.120. The van der Waals surface area contributed by atoms with Gasteiger partial charge in [-0.3, -0.25) is 10.1 Å². The molecule has 2 aromatic rings. The van der Waals surface area contributed by atoms with E-state index >= 15 is 0 Å². The van der Waals surface area contributed by atoms with Crippen LogP contribution in [0.25, 0.3) is 0 Å². The molecule has 0 bridgehead atoms. The zero-order valence-electron chi connectivity index (χ0n) is 13.4. The first-order valence-corrected chi connectivity index (χ1v) is 8.55. The van der Waals surface area contributed by atoms with E-state index < -0.39 is 5.41 Å². The average Bonchev–Trinajstić information content (AvgIpc) is 2.96. The molecule has 0 aliphatic rings. The van der Waals surface area contributed by atoms with E-state index in [2.05, 4.69) is 22.4 Å². The first-order valence-electron chi connectivity index (χ1n) is 7.73. The molecule has 1 N–H and O–H groups in total. The third kappa shape index (κ3) is 4.13. The fourth-order valence-electron chi connectivity index (χ4n) is 2.17.